The van der Waals surface area contributed by atoms with Gasteiger partial charge in [-0.3, -0.25) is 0 Å². The van der Waals surface area contributed by atoms with E-state index >= 15 is 0 Å². The first-order valence-corrected chi connectivity index (χ1v) is 8.03. The SMILES string of the molecule is Fc1ccc(Nc2nccc(NCCCc3ccccc3)n2)cc1F. The summed E-state index contributed by atoms with van der Waals surface area (Å²) in [5, 5.41) is 6.10. The lowest BCUT2D eigenvalue weighted by Gasteiger charge is -2.09. The molecule has 0 radical (unpaired) electrons. The highest BCUT2D eigenvalue weighted by atomic mass is 19.2. The third kappa shape index (κ3) is 4.97. The highest BCUT2D eigenvalue weighted by molar-refractivity contribution is 5.54. The molecule has 0 fully saturated rings. The van der Waals surface area contributed by atoms with Crippen molar-refractivity contribution in [2.24, 2.45) is 0 Å². The van der Waals surface area contributed by atoms with E-state index in [1.54, 1.807) is 12.3 Å². The Morgan fingerprint density at radius 2 is 1.76 bits per heavy atom. The normalized spacial score (nSPS) is 10.5. The third-order valence-electron chi connectivity index (χ3n) is 3.62. The van der Waals surface area contributed by atoms with Crippen LogP contribution in [0.15, 0.2) is 60.8 Å². The minimum Gasteiger partial charge on any atom is -0.370 e. The predicted molar refractivity (Wildman–Crippen MR) is 94.9 cm³/mol. The van der Waals surface area contributed by atoms with Gasteiger partial charge in [0.1, 0.15) is 5.82 Å². The van der Waals surface area contributed by atoms with Crippen LogP contribution in [-0.4, -0.2) is 16.5 Å². The number of nitrogens with zero attached hydrogens (tertiary/aromatic N) is 2. The molecule has 3 aromatic rings. The van der Waals surface area contributed by atoms with Crippen LogP contribution in [0.1, 0.15) is 12.0 Å². The van der Waals surface area contributed by atoms with Crippen LogP contribution < -0.4 is 10.6 Å². The number of anilines is 3. The van der Waals surface area contributed by atoms with E-state index in [9.17, 15) is 8.78 Å². The van der Waals surface area contributed by atoms with Gasteiger partial charge in [-0.25, -0.2) is 13.8 Å². The van der Waals surface area contributed by atoms with Gasteiger partial charge in [-0.1, -0.05) is 30.3 Å². The Balaban J connectivity index is 1.53. The number of aromatic nitrogens is 2. The smallest absolute Gasteiger partial charge is 0.229 e. The van der Waals surface area contributed by atoms with Crippen LogP contribution in [0.2, 0.25) is 0 Å². The van der Waals surface area contributed by atoms with Gasteiger partial charge in [0.25, 0.3) is 0 Å². The zero-order chi connectivity index (χ0) is 17.5. The van der Waals surface area contributed by atoms with E-state index in [0.29, 0.717) is 17.5 Å². The quantitative estimate of drug-likeness (QED) is 0.620. The average Bonchev–Trinajstić information content (AvgIpc) is 2.63. The lowest BCUT2D eigenvalue weighted by atomic mass is 10.1. The van der Waals surface area contributed by atoms with E-state index in [4.69, 9.17) is 0 Å². The molecule has 128 valence electrons. The number of aryl methyl sites for hydroxylation is 1. The summed E-state index contributed by atoms with van der Waals surface area (Å²) in [5.74, 6) is -0.812. The molecule has 0 aliphatic carbocycles. The lowest BCUT2D eigenvalue weighted by molar-refractivity contribution is 0.509. The van der Waals surface area contributed by atoms with Crippen molar-refractivity contribution in [3.8, 4) is 0 Å². The Bertz CT molecular complexity index is 825. The Kier molecular flexibility index (Phi) is 5.51. The molecule has 2 N–H and O–H groups in total. The molecule has 0 aliphatic rings. The predicted octanol–water partition coefficient (Wildman–Crippen LogP) is 4.54. The second kappa shape index (κ2) is 8.19. The fraction of sp³-hybridized carbons (Fsp3) is 0.158. The number of halogens is 2. The number of hydrogen-bond acceptors (Lipinski definition) is 4. The molecule has 0 unspecified atom stereocenters. The Labute approximate surface area is 145 Å². The molecule has 0 aliphatic heterocycles. The van der Waals surface area contributed by atoms with E-state index < -0.39 is 11.6 Å². The van der Waals surface area contributed by atoms with Crippen LogP contribution in [0, 0.1) is 11.6 Å². The largest absolute Gasteiger partial charge is 0.370 e. The van der Waals surface area contributed by atoms with Crippen molar-refractivity contribution < 1.29 is 8.78 Å². The monoisotopic (exact) mass is 340 g/mol. The van der Waals surface area contributed by atoms with Crippen LogP contribution in [0.3, 0.4) is 0 Å². The first-order chi connectivity index (χ1) is 12.2. The Morgan fingerprint density at radius 3 is 2.56 bits per heavy atom. The molecular formula is C19H18F2N4. The van der Waals surface area contributed by atoms with Crippen molar-refractivity contribution in [2.45, 2.75) is 12.8 Å². The Hall–Kier alpha value is -3.02. The molecule has 0 atom stereocenters. The molecule has 0 saturated carbocycles. The molecule has 1 aromatic heterocycles. The van der Waals surface area contributed by atoms with E-state index in [0.717, 1.165) is 31.5 Å². The maximum absolute atomic E-state index is 13.2. The molecule has 0 saturated heterocycles. The fourth-order valence-corrected chi connectivity index (χ4v) is 2.37. The summed E-state index contributed by atoms with van der Waals surface area (Å²) in [7, 11) is 0. The summed E-state index contributed by atoms with van der Waals surface area (Å²) in [5.41, 5.74) is 1.69. The van der Waals surface area contributed by atoms with Gasteiger partial charge in [0, 0.05) is 24.5 Å². The first kappa shape index (κ1) is 16.8. The second-order valence-corrected chi connectivity index (χ2v) is 5.54. The molecule has 6 heteroatoms. The second-order valence-electron chi connectivity index (χ2n) is 5.54. The summed E-state index contributed by atoms with van der Waals surface area (Å²) >= 11 is 0. The molecule has 4 nitrogen and oxygen atoms in total. The van der Waals surface area contributed by atoms with Gasteiger partial charge in [0.2, 0.25) is 5.95 Å². The molecule has 0 bridgehead atoms. The molecule has 1 heterocycles. The summed E-state index contributed by atoms with van der Waals surface area (Å²) in [6.45, 7) is 0.774. The zero-order valence-electron chi connectivity index (χ0n) is 13.5. The summed E-state index contributed by atoms with van der Waals surface area (Å²) in [6, 6.07) is 15.6. The maximum Gasteiger partial charge on any atom is 0.229 e. The van der Waals surface area contributed by atoms with Crippen molar-refractivity contribution in [3.63, 3.8) is 0 Å². The zero-order valence-corrected chi connectivity index (χ0v) is 13.5. The summed E-state index contributed by atoms with van der Waals surface area (Å²) < 4.78 is 26.2. The molecule has 3 rings (SSSR count). The number of rotatable bonds is 7. The van der Waals surface area contributed by atoms with E-state index in [1.165, 1.54) is 11.6 Å². The third-order valence-corrected chi connectivity index (χ3v) is 3.62. The topological polar surface area (TPSA) is 49.8 Å². The van der Waals surface area contributed by atoms with E-state index in [-0.39, 0.29) is 0 Å². The number of benzene rings is 2. The van der Waals surface area contributed by atoms with Crippen LogP contribution >= 0.6 is 0 Å². The molecule has 0 spiro atoms. The average molecular weight is 340 g/mol. The minimum atomic E-state index is -0.916. The number of hydrogen-bond donors (Lipinski definition) is 2. The van der Waals surface area contributed by atoms with Gasteiger partial charge in [-0.05, 0) is 36.6 Å². The number of nitrogens with one attached hydrogen (secondary N) is 2. The molecular weight excluding hydrogens is 322 g/mol. The van der Waals surface area contributed by atoms with Crippen LogP contribution in [0.25, 0.3) is 0 Å². The van der Waals surface area contributed by atoms with Gasteiger partial charge >= 0.3 is 0 Å². The molecule has 0 amide bonds. The van der Waals surface area contributed by atoms with Gasteiger partial charge in [0.05, 0.1) is 0 Å². The Morgan fingerprint density at radius 1 is 0.920 bits per heavy atom. The van der Waals surface area contributed by atoms with E-state index in [2.05, 4.69) is 32.7 Å². The highest BCUT2D eigenvalue weighted by Gasteiger charge is 2.04. The van der Waals surface area contributed by atoms with E-state index in [1.807, 2.05) is 18.2 Å². The standard InChI is InChI=1S/C19H18F2N4/c20-16-9-8-15(13-17(16)21)24-19-23-12-10-18(25-19)22-11-4-7-14-5-2-1-3-6-14/h1-3,5-6,8-10,12-13H,4,7,11H2,(H2,22,23,24,25). The lowest BCUT2D eigenvalue weighted by Crippen LogP contribution is -2.06. The van der Waals surface area contributed by atoms with Crippen molar-refractivity contribution in [1.82, 2.24) is 9.97 Å². The van der Waals surface area contributed by atoms with Crippen LogP contribution in [-0.2, 0) is 6.42 Å². The summed E-state index contributed by atoms with van der Waals surface area (Å²) in [4.78, 5) is 8.40. The summed E-state index contributed by atoms with van der Waals surface area (Å²) in [6.07, 6.45) is 3.56. The van der Waals surface area contributed by atoms with Crippen molar-refractivity contribution in [3.05, 3.63) is 78.0 Å². The van der Waals surface area contributed by atoms with Gasteiger partial charge in [-0.15, -0.1) is 0 Å². The van der Waals surface area contributed by atoms with Gasteiger partial charge < -0.3 is 10.6 Å². The molecule has 2 aromatic carbocycles. The molecule has 25 heavy (non-hydrogen) atoms. The minimum absolute atomic E-state index is 0.319. The van der Waals surface area contributed by atoms with Crippen LogP contribution in [0.5, 0.6) is 0 Å². The van der Waals surface area contributed by atoms with Crippen molar-refractivity contribution >= 4 is 17.5 Å². The maximum atomic E-state index is 13.2. The van der Waals surface area contributed by atoms with Gasteiger partial charge in [0.15, 0.2) is 11.6 Å². The van der Waals surface area contributed by atoms with Gasteiger partial charge in [-0.2, -0.15) is 4.98 Å². The van der Waals surface area contributed by atoms with Crippen molar-refractivity contribution in [2.75, 3.05) is 17.2 Å². The highest BCUT2D eigenvalue weighted by Crippen LogP contribution is 2.17. The first-order valence-electron chi connectivity index (χ1n) is 8.03. The van der Waals surface area contributed by atoms with Crippen LogP contribution in [0.4, 0.5) is 26.2 Å². The fourth-order valence-electron chi connectivity index (χ4n) is 2.37. The van der Waals surface area contributed by atoms with Crippen molar-refractivity contribution in [1.29, 1.82) is 0 Å².